The van der Waals surface area contributed by atoms with Crippen LogP contribution < -0.4 is 0 Å². The maximum absolute atomic E-state index is 8.62. The zero-order valence-electron chi connectivity index (χ0n) is 10.8. The monoisotopic (exact) mass is 305 g/mol. The highest BCUT2D eigenvalue weighted by Crippen LogP contribution is 2.35. The maximum Gasteiger partial charge on any atom is 0.0625 e. The third kappa shape index (κ3) is 3.59. The average Bonchev–Trinajstić information content (AvgIpc) is 2.65. The van der Waals surface area contributed by atoms with Crippen molar-refractivity contribution in [2.24, 2.45) is 0 Å². The Morgan fingerprint density at radius 2 is 1.89 bits per heavy atom. The first-order valence-electron chi connectivity index (χ1n) is 6.96. The van der Waals surface area contributed by atoms with Gasteiger partial charge in [0.25, 0.3) is 0 Å². The van der Waals surface area contributed by atoms with E-state index in [2.05, 4.69) is 40.2 Å². The van der Waals surface area contributed by atoms with E-state index in [4.69, 9.17) is 5.26 Å². The van der Waals surface area contributed by atoms with Crippen molar-refractivity contribution in [3.8, 4) is 6.07 Å². The van der Waals surface area contributed by atoms with Crippen LogP contribution in [0.15, 0.2) is 22.7 Å². The Labute approximate surface area is 118 Å². The summed E-state index contributed by atoms with van der Waals surface area (Å²) in [5, 5.41) is 8.62. The van der Waals surface area contributed by atoms with Crippen molar-refractivity contribution in [2.75, 3.05) is 0 Å². The molecular formula is C16H20BrN. The van der Waals surface area contributed by atoms with Crippen molar-refractivity contribution in [1.82, 2.24) is 0 Å². The summed E-state index contributed by atoms with van der Waals surface area (Å²) in [5.41, 5.74) is 2.73. The van der Waals surface area contributed by atoms with E-state index in [0.717, 1.165) is 12.3 Å². The lowest BCUT2D eigenvalue weighted by Gasteiger charge is -2.17. The van der Waals surface area contributed by atoms with Crippen LogP contribution in [-0.2, 0) is 6.42 Å². The van der Waals surface area contributed by atoms with Crippen molar-refractivity contribution in [3.63, 3.8) is 0 Å². The zero-order valence-corrected chi connectivity index (χ0v) is 12.4. The van der Waals surface area contributed by atoms with Crippen LogP contribution >= 0.6 is 15.9 Å². The zero-order chi connectivity index (χ0) is 12.8. The van der Waals surface area contributed by atoms with Crippen LogP contribution in [0.3, 0.4) is 0 Å². The lowest BCUT2D eigenvalue weighted by molar-refractivity contribution is 0.590. The molecule has 2 heteroatoms. The molecule has 0 aliphatic heterocycles. The van der Waals surface area contributed by atoms with Crippen molar-refractivity contribution < 1.29 is 0 Å². The van der Waals surface area contributed by atoms with Gasteiger partial charge in [-0.1, -0.05) is 53.7 Å². The van der Waals surface area contributed by atoms with E-state index in [1.54, 1.807) is 0 Å². The van der Waals surface area contributed by atoms with Crippen LogP contribution in [0.4, 0.5) is 0 Å². The van der Waals surface area contributed by atoms with Gasteiger partial charge < -0.3 is 0 Å². The van der Waals surface area contributed by atoms with Gasteiger partial charge in [-0.2, -0.15) is 5.26 Å². The molecule has 2 rings (SSSR count). The standard InChI is InChI=1S/C16H20BrN/c17-16-12-13(6-5-11-18)9-10-15(16)14-7-3-1-2-4-8-14/h9-10,12,14H,1-8H2. The van der Waals surface area contributed by atoms with Crippen molar-refractivity contribution in [1.29, 1.82) is 5.26 Å². The molecule has 1 aliphatic carbocycles. The van der Waals surface area contributed by atoms with E-state index in [9.17, 15) is 0 Å². The van der Waals surface area contributed by atoms with Crippen LogP contribution in [0.5, 0.6) is 0 Å². The van der Waals surface area contributed by atoms with Crippen LogP contribution in [0.1, 0.15) is 62.0 Å². The molecule has 18 heavy (non-hydrogen) atoms. The summed E-state index contributed by atoms with van der Waals surface area (Å²) in [6.07, 6.45) is 9.66. The normalized spacial score (nSPS) is 17.1. The van der Waals surface area contributed by atoms with Crippen molar-refractivity contribution in [3.05, 3.63) is 33.8 Å². The van der Waals surface area contributed by atoms with Gasteiger partial charge in [0.1, 0.15) is 0 Å². The quantitative estimate of drug-likeness (QED) is 0.691. The fraction of sp³-hybridized carbons (Fsp3) is 0.562. The first kappa shape index (κ1) is 13.6. The highest BCUT2D eigenvalue weighted by molar-refractivity contribution is 9.10. The fourth-order valence-electron chi connectivity index (χ4n) is 2.85. The minimum atomic E-state index is 0.606. The van der Waals surface area contributed by atoms with Gasteiger partial charge in [0, 0.05) is 10.9 Å². The largest absolute Gasteiger partial charge is 0.198 e. The Morgan fingerprint density at radius 1 is 1.17 bits per heavy atom. The Morgan fingerprint density at radius 3 is 2.50 bits per heavy atom. The lowest BCUT2D eigenvalue weighted by atomic mass is 9.91. The molecule has 0 N–H and O–H groups in total. The molecular weight excluding hydrogens is 286 g/mol. The first-order valence-corrected chi connectivity index (χ1v) is 7.76. The van der Waals surface area contributed by atoms with Crippen molar-refractivity contribution >= 4 is 15.9 Å². The Bertz CT molecular complexity index is 425. The topological polar surface area (TPSA) is 23.8 Å². The van der Waals surface area contributed by atoms with Gasteiger partial charge in [-0.25, -0.2) is 0 Å². The third-order valence-electron chi connectivity index (χ3n) is 3.89. The van der Waals surface area contributed by atoms with Gasteiger partial charge >= 0.3 is 0 Å². The SMILES string of the molecule is N#CCCc1ccc(C2CCCCCC2)c(Br)c1. The Kier molecular flexibility index (Phi) is 5.26. The Balaban J connectivity index is 2.10. The number of rotatable bonds is 3. The molecule has 1 fully saturated rings. The summed E-state index contributed by atoms with van der Waals surface area (Å²) in [4.78, 5) is 0. The van der Waals surface area contributed by atoms with Gasteiger partial charge in [-0.15, -0.1) is 0 Å². The van der Waals surface area contributed by atoms with Gasteiger partial charge in [-0.05, 0) is 42.4 Å². The molecule has 1 aliphatic rings. The third-order valence-corrected chi connectivity index (χ3v) is 4.57. The molecule has 0 heterocycles. The molecule has 0 atom stereocenters. The van der Waals surface area contributed by atoms with Gasteiger partial charge in [-0.3, -0.25) is 0 Å². The summed E-state index contributed by atoms with van der Waals surface area (Å²) in [6, 6.07) is 8.88. The van der Waals surface area contributed by atoms with Gasteiger partial charge in [0.2, 0.25) is 0 Å². The van der Waals surface area contributed by atoms with E-state index in [0.29, 0.717) is 6.42 Å². The van der Waals surface area contributed by atoms with Crippen LogP contribution in [0.2, 0.25) is 0 Å². The number of nitrogens with zero attached hydrogens (tertiary/aromatic N) is 1. The number of hydrogen-bond acceptors (Lipinski definition) is 1. The molecule has 1 nitrogen and oxygen atoms in total. The van der Waals surface area contributed by atoms with Gasteiger partial charge in [0.15, 0.2) is 0 Å². The van der Waals surface area contributed by atoms with Crippen LogP contribution in [0, 0.1) is 11.3 Å². The molecule has 0 radical (unpaired) electrons. The van der Waals surface area contributed by atoms with E-state index < -0.39 is 0 Å². The molecule has 0 bridgehead atoms. The molecule has 0 unspecified atom stereocenters. The number of halogens is 1. The van der Waals surface area contributed by atoms with E-state index in [-0.39, 0.29) is 0 Å². The summed E-state index contributed by atoms with van der Waals surface area (Å²) >= 11 is 3.72. The number of benzene rings is 1. The molecule has 0 amide bonds. The summed E-state index contributed by atoms with van der Waals surface area (Å²) in [7, 11) is 0. The predicted molar refractivity (Wildman–Crippen MR) is 78.5 cm³/mol. The second kappa shape index (κ2) is 6.95. The number of aryl methyl sites for hydroxylation is 1. The minimum Gasteiger partial charge on any atom is -0.198 e. The van der Waals surface area contributed by atoms with Gasteiger partial charge in [0.05, 0.1) is 6.07 Å². The predicted octanol–water partition coefficient (Wildman–Crippen LogP) is 5.34. The highest BCUT2D eigenvalue weighted by Gasteiger charge is 2.16. The summed E-state index contributed by atoms with van der Waals surface area (Å²) < 4.78 is 1.24. The number of nitriles is 1. The molecule has 96 valence electrons. The first-order chi connectivity index (χ1) is 8.81. The van der Waals surface area contributed by atoms with Crippen molar-refractivity contribution in [2.45, 2.75) is 57.3 Å². The summed E-state index contributed by atoms with van der Waals surface area (Å²) in [5.74, 6) is 0.729. The average molecular weight is 306 g/mol. The number of hydrogen-bond donors (Lipinski definition) is 0. The second-order valence-electron chi connectivity index (χ2n) is 5.20. The second-order valence-corrected chi connectivity index (χ2v) is 6.06. The highest BCUT2D eigenvalue weighted by atomic mass is 79.9. The molecule has 1 aromatic carbocycles. The van der Waals surface area contributed by atoms with Crippen LogP contribution in [-0.4, -0.2) is 0 Å². The molecule has 1 saturated carbocycles. The molecule has 0 aromatic heterocycles. The minimum absolute atomic E-state index is 0.606. The summed E-state index contributed by atoms with van der Waals surface area (Å²) in [6.45, 7) is 0. The smallest absolute Gasteiger partial charge is 0.0625 e. The maximum atomic E-state index is 8.62. The molecule has 1 aromatic rings. The van der Waals surface area contributed by atoms with E-state index >= 15 is 0 Å². The molecule has 0 saturated heterocycles. The Hall–Kier alpha value is -0.810. The van der Waals surface area contributed by atoms with Crippen LogP contribution in [0.25, 0.3) is 0 Å². The fourth-order valence-corrected chi connectivity index (χ4v) is 3.60. The van der Waals surface area contributed by atoms with E-state index in [1.807, 2.05) is 0 Å². The van der Waals surface area contributed by atoms with E-state index in [1.165, 1.54) is 54.1 Å². The molecule has 0 spiro atoms. The lowest BCUT2D eigenvalue weighted by Crippen LogP contribution is -1.99.